The zero-order valence-corrected chi connectivity index (χ0v) is 8.64. The van der Waals surface area contributed by atoms with Gasteiger partial charge in [0.25, 0.3) is 0 Å². The van der Waals surface area contributed by atoms with E-state index in [9.17, 15) is 10.2 Å². The highest BCUT2D eigenvalue weighted by Crippen LogP contribution is 2.27. The highest BCUT2D eigenvalue weighted by Gasteiger charge is 2.04. The first-order valence-corrected chi connectivity index (χ1v) is 4.95. The maximum Gasteiger partial charge on any atom is 0.161 e. The lowest BCUT2D eigenvalue weighted by molar-refractivity contribution is 0.397. The molecule has 1 heterocycles. The van der Waals surface area contributed by atoms with Crippen molar-refractivity contribution in [1.82, 2.24) is 15.3 Å². The lowest BCUT2D eigenvalue weighted by Crippen LogP contribution is -2.12. The quantitative estimate of drug-likeness (QED) is 0.581. The van der Waals surface area contributed by atoms with E-state index < -0.39 is 0 Å². The van der Waals surface area contributed by atoms with E-state index in [0.717, 1.165) is 5.69 Å². The summed E-state index contributed by atoms with van der Waals surface area (Å²) in [5, 5.41) is 22.0. The smallest absolute Gasteiger partial charge is 0.161 e. The van der Waals surface area contributed by atoms with Gasteiger partial charge in [0.2, 0.25) is 0 Å². The van der Waals surface area contributed by atoms with Gasteiger partial charge in [0.05, 0.1) is 6.33 Å². The van der Waals surface area contributed by atoms with Gasteiger partial charge in [-0.15, -0.1) is 0 Å². The van der Waals surface area contributed by atoms with E-state index in [-0.39, 0.29) is 11.5 Å². The Bertz CT molecular complexity index is 454. The Morgan fingerprint density at radius 1 is 1.25 bits per heavy atom. The molecule has 5 heteroatoms. The molecule has 0 spiro atoms. The molecule has 0 bridgehead atoms. The zero-order valence-electron chi connectivity index (χ0n) is 8.64. The summed E-state index contributed by atoms with van der Waals surface area (Å²) in [4.78, 5) is 6.86. The van der Waals surface area contributed by atoms with Gasteiger partial charge in [-0.1, -0.05) is 12.1 Å². The van der Waals surface area contributed by atoms with Gasteiger partial charge in [-0.2, -0.15) is 0 Å². The maximum atomic E-state index is 9.54. The predicted molar refractivity (Wildman–Crippen MR) is 58.9 cm³/mol. The van der Waals surface area contributed by atoms with E-state index in [4.69, 9.17) is 0 Å². The van der Waals surface area contributed by atoms with Crippen LogP contribution in [0.15, 0.2) is 30.7 Å². The van der Waals surface area contributed by atoms with Crippen molar-refractivity contribution >= 4 is 0 Å². The number of hydrogen-bond donors (Lipinski definition) is 4. The normalized spacial score (nSPS) is 10.5. The van der Waals surface area contributed by atoms with Gasteiger partial charge in [0.15, 0.2) is 11.5 Å². The first-order chi connectivity index (χ1) is 7.77. The van der Waals surface area contributed by atoms with Gasteiger partial charge < -0.3 is 20.5 Å². The number of aromatic nitrogens is 2. The maximum absolute atomic E-state index is 9.54. The molecule has 0 fully saturated rings. The molecule has 84 valence electrons. The van der Waals surface area contributed by atoms with Gasteiger partial charge in [0, 0.05) is 30.5 Å². The molecular formula is C11H13N3O2. The zero-order chi connectivity index (χ0) is 11.4. The number of phenols is 2. The minimum absolute atomic E-state index is 0.0698. The third-order valence-corrected chi connectivity index (χ3v) is 2.28. The third kappa shape index (κ3) is 2.32. The van der Waals surface area contributed by atoms with Gasteiger partial charge in [-0.05, 0) is 6.07 Å². The Hall–Kier alpha value is -2.01. The van der Waals surface area contributed by atoms with E-state index >= 15 is 0 Å². The molecule has 0 aliphatic heterocycles. The largest absolute Gasteiger partial charge is 0.504 e. The molecule has 0 radical (unpaired) electrons. The Balaban J connectivity index is 1.92. The highest BCUT2D eigenvalue weighted by molar-refractivity contribution is 5.44. The fourth-order valence-electron chi connectivity index (χ4n) is 1.43. The van der Waals surface area contributed by atoms with Crippen LogP contribution in [-0.4, -0.2) is 20.2 Å². The van der Waals surface area contributed by atoms with Crippen molar-refractivity contribution in [2.24, 2.45) is 0 Å². The van der Waals surface area contributed by atoms with E-state index in [1.165, 1.54) is 6.07 Å². The number of aromatic amines is 1. The summed E-state index contributed by atoms with van der Waals surface area (Å²) < 4.78 is 0. The van der Waals surface area contributed by atoms with Gasteiger partial charge in [-0.25, -0.2) is 4.98 Å². The highest BCUT2D eigenvalue weighted by atomic mass is 16.3. The summed E-state index contributed by atoms with van der Waals surface area (Å²) in [7, 11) is 0. The van der Waals surface area contributed by atoms with Crippen LogP contribution in [0.1, 0.15) is 11.3 Å². The SMILES string of the molecule is Oc1cccc(CNCc2cnc[nH]2)c1O. The predicted octanol–water partition coefficient (Wildman–Crippen LogP) is 1.11. The minimum Gasteiger partial charge on any atom is -0.504 e. The molecule has 0 saturated carbocycles. The fourth-order valence-corrected chi connectivity index (χ4v) is 1.43. The summed E-state index contributed by atoms with van der Waals surface area (Å²) in [5.41, 5.74) is 1.64. The molecule has 0 aliphatic rings. The van der Waals surface area contributed by atoms with Crippen LogP contribution in [-0.2, 0) is 13.1 Å². The van der Waals surface area contributed by atoms with Crippen molar-refractivity contribution in [3.05, 3.63) is 42.0 Å². The number of hydrogen-bond acceptors (Lipinski definition) is 4. The monoisotopic (exact) mass is 219 g/mol. The second kappa shape index (κ2) is 4.67. The topological polar surface area (TPSA) is 81.2 Å². The molecule has 16 heavy (non-hydrogen) atoms. The number of benzene rings is 1. The lowest BCUT2D eigenvalue weighted by Gasteiger charge is -2.06. The number of phenolic OH excluding ortho intramolecular Hbond substituents is 2. The molecule has 0 saturated heterocycles. The molecule has 0 atom stereocenters. The molecule has 2 rings (SSSR count). The van der Waals surface area contributed by atoms with Crippen LogP contribution in [0.3, 0.4) is 0 Å². The summed E-state index contributed by atoms with van der Waals surface area (Å²) in [6.07, 6.45) is 3.35. The summed E-state index contributed by atoms with van der Waals surface area (Å²) >= 11 is 0. The molecule has 1 aromatic carbocycles. The molecular weight excluding hydrogens is 206 g/mol. The Morgan fingerprint density at radius 2 is 2.12 bits per heavy atom. The van der Waals surface area contributed by atoms with E-state index in [1.807, 2.05) is 0 Å². The second-order valence-corrected chi connectivity index (χ2v) is 3.47. The molecule has 1 aromatic heterocycles. The van der Waals surface area contributed by atoms with Gasteiger partial charge in [0.1, 0.15) is 0 Å². The Morgan fingerprint density at radius 3 is 2.88 bits per heavy atom. The summed E-state index contributed by atoms with van der Waals surface area (Å²) in [6, 6.07) is 4.91. The molecule has 0 unspecified atom stereocenters. The average molecular weight is 219 g/mol. The van der Waals surface area contributed by atoms with Crippen molar-refractivity contribution in [1.29, 1.82) is 0 Å². The molecule has 0 aliphatic carbocycles. The molecule has 2 aromatic rings. The first-order valence-electron chi connectivity index (χ1n) is 4.95. The van der Waals surface area contributed by atoms with Crippen LogP contribution in [0.4, 0.5) is 0 Å². The van der Waals surface area contributed by atoms with E-state index in [0.29, 0.717) is 18.7 Å². The standard InChI is InChI=1S/C11H13N3O2/c15-10-3-1-2-8(11(10)16)4-12-5-9-6-13-7-14-9/h1-3,6-7,12,15-16H,4-5H2,(H,13,14). The van der Waals surface area contributed by atoms with E-state index in [1.54, 1.807) is 24.7 Å². The number of para-hydroxylation sites is 1. The molecule has 5 nitrogen and oxygen atoms in total. The van der Waals surface area contributed by atoms with E-state index in [2.05, 4.69) is 15.3 Å². The lowest BCUT2D eigenvalue weighted by atomic mass is 10.2. The second-order valence-electron chi connectivity index (χ2n) is 3.47. The first kappa shape index (κ1) is 10.5. The number of aromatic hydroxyl groups is 2. The summed E-state index contributed by atoms with van der Waals surface area (Å²) in [5.74, 6) is -0.166. The molecule has 0 amide bonds. The van der Waals surface area contributed by atoms with Gasteiger partial charge in [-0.3, -0.25) is 0 Å². The van der Waals surface area contributed by atoms with Crippen LogP contribution < -0.4 is 5.32 Å². The number of rotatable bonds is 4. The van der Waals surface area contributed by atoms with Crippen molar-refractivity contribution in [3.8, 4) is 11.5 Å². The third-order valence-electron chi connectivity index (χ3n) is 2.28. The van der Waals surface area contributed by atoms with Crippen LogP contribution in [0, 0.1) is 0 Å². The van der Waals surface area contributed by atoms with Crippen molar-refractivity contribution in [3.63, 3.8) is 0 Å². The van der Waals surface area contributed by atoms with Crippen LogP contribution in [0.2, 0.25) is 0 Å². The average Bonchev–Trinajstić information content (AvgIpc) is 2.77. The summed E-state index contributed by atoms with van der Waals surface area (Å²) in [6.45, 7) is 1.12. The molecule has 4 N–H and O–H groups in total. The van der Waals surface area contributed by atoms with Crippen LogP contribution in [0.25, 0.3) is 0 Å². The minimum atomic E-state index is -0.0964. The van der Waals surface area contributed by atoms with Crippen molar-refractivity contribution in [2.75, 3.05) is 0 Å². The Kier molecular flexibility index (Phi) is 3.07. The number of nitrogens with one attached hydrogen (secondary N) is 2. The number of H-pyrrole nitrogens is 1. The fraction of sp³-hybridized carbons (Fsp3) is 0.182. The Labute approximate surface area is 92.8 Å². The number of imidazole rings is 1. The van der Waals surface area contributed by atoms with Crippen LogP contribution >= 0.6 is 0 Å². The van der Waals surface area contributed by atoms with Crippen LogP contribution in [0.5, 0.6) is 11.5 Å². The van der Waals surface area contributed by atoms with Crippen molar-refractivity contribution in [2.45, 2.75) is 13.1 Å². The van der Waals surface area contributed by atoms with Crippen molar-refractivity contribution < 1.29 is 10.2 Å². The van der Waals surface area contributed by atoms with Gasteiger partial charge >= 0.3 is 0 Å². The number of nitrogens with zero attached hydrogens (tertiary/aromatic N) is 1.